The highest BCUT2D eigenvalue weighted by molar-refractivity contribution is 14.0. The Morgan fingerprint density at radius 1 is 1.28 bits per heavy atom. The summed E-state index contributed by atoms with van der Waals surface area (Å²) in [6.45, 7) is 7.54. The molecule has 0 radical (unpaired) electrons. The second-order valence-corrected chi connectivity index (χ2v) is 8.89. The molecule has 2 N–H and O–H groups in total. The Kier molecular flexibility index (Phi) is 7.19. The van der Waals surface area contributed by atoms with Gasteiger partial charge < -0.3 is 25.0 Å². The predicted octanol–water partition coefficient (Wildman–Crippen LogP) is 3.26. The molecule has 1 aromatic rings. The predicted molar refractivity (Wildman–Crippen MR) is 129 cm³/mol. The number of nitrogens with zero attached hydrogens (tertiary/aromatic N) is 2. The van der Waals surface area contributed by atoms with E-state index in [0.717, 1.165) is 37.8 Å². The van der Waals surface area contributed by atoms with Crippen LogP contribution in [-0.2, 0) is 4.74 Å². The van der Waals surface area contributed by atoms with Crippen LogP contribution in [0.5, 0.6) is 5.75 Å². The van der Waals surface area contributed by atoms with Gasteiger partial charge in [-0.1, -0.05) is 19.9 Å². The van der Waals surface area contributed by atoms with Gasteiger partial charge in [0, 0.05) is 61.9 Å². The first-order chi connectivity index (χ1) is 13.5. The minimum atomic E-state index is 0. The molecule has 1 aliphatic carbocycles. The molecule has 0 bridgehead atoms. The monoisotopic (exact) mass is 514 g/mol. The van der Waals surface area contributed by atoms with Crippen LogP contribution in [0.25, 0.3) is 0 Å². The Balaban J connectivity index is 0.00000240. The number of anilines is 1. The molecule has 162 valence electrons. The SMILES string of the molecule is CN=C(NC1CCN(c2cccc(OC)c2)C1)NC1C2CCCOC2C1(C)C.I. The van der Waals surface area contributed by atoms with E-state index in [4.69, 9.17) is 9.47 Å². The first-order valence-corrected chi connectivity index (χ1v) is 10.5. The average Bonchev–Trinajstić information content (AvgIpc) is 3.19. The molecule has 0 spiro atoms. The van der Waals surface area contributed by atoms with Crippen molar-refractivity contribution in [2.24, 2.45) is 16.3 Å². The molecule has 3 aliphatic rings. The Morgan fingerprint density at radius 2 is 2.10 bits per heavy atom. The summed E-state index contributed by atoms with van der Waals surface area (Å²) in [5.74, 6) is 2.42. The molecule has 29 heavy (non-hydrogen) atoms. The molecule has 6 nitrogen and oxygen atoms in total. The molecule has 2 heterocycles. The molecule has 0 amide bonds. The molecule has 7 heteroatoms. The van der Waals surface area contributed by atoms with Crippen molar-refractivity contribution >= 4 is 35.6 Å². The fourth-order valence-electron chi connectivity index (χ4n) is 5.25. The number of hydrogen-bond acceptors (Lipinski definition) is 4. The Morgan fingerprint density at radius 3 is 2.86 bits per heavy atom. The average molecular weight is 514 g/mol. The molecular formula is C22H35IN4O2. The summed E-state index contributed by atoms with van der Waals surface area (Å²) in [7, 11) is 3.58. The van der Waals surface area contributed by atoms with Crippen molar-refractivity contribution in [2.45, 2.75) is 51.3 Å². The van der Waals surface area contributed by atoms with Gasteiger partial charge in [0.2, 0.25) is 0 Å². The first-order valence-electron chi connectivity index (χ1n) is 10.5. The molecule has 1 aromatic carbocycles. The van der Waals surface area contributed by atoms with Gasteiger partial charge in [-0.15, -0.1) is 24.0 Å². The van der Waals surface area contributed by atoms with Gasteiger partial charge in [-0.05, 0) is 31.4 Å². The second-order valence-electron chi connectivity index (χ2n) is 8.89. The number of fused-ring (bicyclic) bond motifs is 1. The van der Waals surface area contributed by atoms with Crippen LogP contribution >= 0.6 is 24.0 Å². The van der Waals surface area contributed by atoms with Gasteiger partial charge >= 0.3 is 0 Å². The summed E-state index contributed by atoms with van der Waals surface area (Å²) in [5.41, 5.74) is 1.36. The standard InChI is InChI=1S/C22H34N4O2.HI/c1-22(2)19(18-9-6-12-28-20(18)22)25-21(23-3)24-15-10-11-26(14-15)16-7-5-8-17(13-16)27-4;/h5,7-8,13,15,18-20H,6,9-12,14H2,1-4H3,(H2,23,24,25);1H. The van der Waals surface area contributed by atoms with Crippen LogP contribution in [0.15, 0.2) is 29.3 Å². The summed E-state index contributed by atoms with van der Waals surface area (Å²) in [4.78, 5) is 6.93. The maximum absolute atomic E-state index is 6.04. The van der Waals surface area contributed by atoms with Gasteiger partial charge in [0.25, 0.3) is 0 Å². The summed E-state index contributed by atoms with van der Waals surface area (Å²) < 4.78 is 11.4. The number of nitrogens with one attached hydrogen (secondary N) is 2. The Bertz CT molecular complexity index is 727. The normalized spacial score (nSPS) is 30.6. The second kappa shape index (κ2) is 9.29. The van der Waals surface area contributed by atoms with Gasteiger partial charge in [0.15, 0.2) is 5.96 Å². The smallest absolute Gasteiger partial charge is 0.191 e. The van der Waals surface area contributed by atoms with E-state index in [1.165, 1.54) is 18.5 Å². The molecule has 2 aliphatic heterocycles. The van der Waals surface area contributed by atoms with Crippen LogP contribution < -0.4 is 20.3 Å². The molecular weight excluding hydrogens is 479 g/mol. The third kappa shape index (κ3) is 4.45. The van der Waals surface area contributed by atoms with Crippen molar-refractivity contribution in [1.29, 1.82) is 0 Å². The van der Waals surface area contributed by atoms with Gasteiger partial charge in [-0.2, -0.15) is 0 Å². The van der Waals surface area contributed by atoms with Gasteiger partial charge in [0.1, 0.15) is 5.75 Å². The Hall–Kier alpha value is -1.22. The third-order valence-electron chi connectivity index (χ3n) is 6.79. The number of ether oxygens (including phenoxy) is 2. The number of aliphatic imine (C=N–C) groups is 1. The van der Waals surface area contributed by atoms with Crippen LogP contribution in [0.4, 0.5) is 5.69 Å². The zero-order chi connectivity index (χ0) is 19.7. The fraction of sp³-hybridized carbons (Fsp3) is 0.682. The topological polar surface area (TPSA) is 58.1 Å². The summed E-state index contributed by atoms with van der Waals surface area (Å²) in [6.07, 6.45) is 3.89. The van der Waals surface area contributed by atoms with Crippen LogP contribution in [-0.4, -0.2) is 58.0 Å². The van der Waals surface area contributed by atoms with E-state index in [1.54, 1.807) is 7.11 Å². The van der Waals surface area contributed by atoms with E-state index in [2.05, 4.69) is 52.6 Å². The number of hydrogen-bond donors (Lipinski definition) is 2. The van der Waals surface area contributed by atoms with E-state index in [1.807, 2.05) is 13.1 Å². The highest BCUT2D eigenvalue weighted by atomic mass is 127. The van der Waals surface area contributed by atoms with Gasteiger partial charge in [-0.25, -0.2) is 0 Å². The highest BCUT2D eigenvalue weighted by Crippen LogP contribution is 2.51. The molecule has 2 saturated heterocycles. The quantitative estimate of drug-likeness (QED) is 0.367. The van der Waals surface area contributed by atoms with Crippen molar-refractivity contribution in [3.05, 3.63) is 24.3 Å². The van der Waals surface area contributed by atoms with E-state index < -0.39 is 0 Å². The molecule has 4 atom stereocenters. The lowest BCUT2D eigenvalue weighted by Crippen LogP contribution is -2.71. The summed E-state index contributed by atoms with van der Waals surface area (Å²) >= 11 is 0. The van der Waals surface area contributed by atoms with E-state index in [9.17, 15) is 0 Å². The van der Waals surface area contributed by atoms with Crippen LogP contribution in [0, 0.1) is 11.3 Å². The zero-order valence-corrected chi connectivity index (χ0v) is 20.3. The molecule has 0 aromatic heterocycles. The largest absolute Gasteiger partial charge is 0.497 e. The zero-order valence-electron chi connectivity index (χ0n) is 18.0. The number of methoxy groups -OCH3 is 1. The van der Waals surface area contributed by atoms with Crippen molar-refractivity contribution in [3.63, 3.8) is 0 Å². The van der Waals surface area contributed by atoms with E-state index >= 15 is 0 Å². The number of halogens is 1. The van der Waals surface area contributed by atoms with Gasteiger partial charge in [-0.3, -0.25) is 4.99 Å². The lowest BCUT2D eigenvalue weighted by Gasteiger charge is -2.60. The molecule has 4 unspecified atom stereocenters. The Labute approximate surface area is 191 Å². The molecule has 1 saturated carbocycles. The maximum Gasteiger partial charge on any atom is 0.191 e. The van der Waals surface area contributed by atoms with Crippen LogP contribution in [0.1, 0.15) is 33.1 Å². The van der Waals surface area contributed by atoms with Gasteiger partial charge in [0.05, 0.1) is 13.2 Å². The van der Waals surface area contributed by atoms with Crippen molar-refractivity contribution in [3.8, 4) is 5.75 Å². The van der Waals surface area contributed by atoms with Crippen molar-refractivity contribution in [1.82, 2.24) is 10.6 Å². The lowest BCUT2D eigenvalue weighted by molar-refractivity contribution is -0.188. The molecule has 3 fully saturated rings. The van der Waals surface area contributed by atoms with E-state index in [-0.39, 0.29) is 29.4 Å². The van der Waals surface area contributed by atoms with Crippen molar-refractivity contribution in [2.75, 3.05) is 38.8 Å². The van der Waals surface area contributed by atoms with Crippen molar-refractivity contribution < 1.29 is 9.47 Å². The summed E-state index contributed by atoms with van der Waals surface area (Å²) in [6, 6.07) is 9.10. The number of benzene rings is 1. The highest BCUT2D eigenvalue weighted by Gasteiger charge is 2.58. The molecule has 4 rings (SSSR count). The first kappa shape index (κ1) is 22.5. The van der Waals surface area contributed by atoms with E-state index in [0.29, 0.717) is 24.1 Å². The fourth-order valence-corrected chi connectivity index (χ4v) is 5.25. The number of rotatable bonds is 4. The minimum absolute atomic E-state index is 0. The maximum atomic E-state index is 6.04. The summed E-state index contributed by atoms with van der Waals surface area (Å²) in [5, 5.41) is 7.36. The van der Waals surface area contributed by atoms with Crippen LogP contribution in [0.3, 0.4) is 0 Å². The third-order valence-corrected chi connectivity index (χ3v) is 6.79. The minimum Gasteiger partial charge on any atom is -0.497 e. The van der Waals surface area contributed by atoms with Crippen LogP contribution in [0.2, 0.25) is 0 Å². The lowest BCUT2D eigenvalue weighted by atomic mass is 9.55. The number of guanidine groups is 1.